The Labute approximate surface area is 125 Å². The van der Waals surface area contributed by atoms with Crippen LogP contribution in [0.15, 0.2) is 22.7 Å². The number of hydrogen-bond acceptors (Lipinski definition) is 2. The third-order valence-electron chi connectivity index (χ3n) is 3.99. The predicted octanol–water partition coefficient (Wildman–Crippen LogP) is 4.36. The van der Waals surface area contributed by atoms with E-state index in [2.05, 4.69) is 72.0 Å². The SMILES string of the molecule is CCNC(C)c1ccc(Br)cc1N1CCC(C)(C)C1. The Morgan fingerprint density at radius 3 is 2.74 bits per heavy atom. The first kappa shape index (κ1) is 14.9. The Bertz CT molecular complexity index is 442. The molecule has 1 aromatic carbocycles. The van der Waals surface area contributed by atoms with Gasteiger partial charge in [-0.2, -0.15) is 0 Å². The molecule has 1 aliphatic rings. The minimum absolute atomic E-state index is 0.400. The number of benzene rings is 1. The number of anilines is 1. The van der Waals surface area contributed by atoms with E-state index in [-0.39, 0.29) is 0 Å². The lowest BCUT2D eigenvalue weighted by Crippen LogP contribution is -2.26. The highest BCUT2D eigenvalue weighted by molar-refractivity contribution is 9.10. The van der Waals surface area contributed by atoms with Crippen LogP contribution < -0.4 is 10.2 Å². The summed E-state index contributed by atoms with van der Waals surface area (Å²) in [5.74, 6) is 0. The second kappa shape index (κ2) is 5.84. The van der Waals surface area contributed by atoms with E-state index in [1.54, 1.807) is 0 Å². The van der Waals surface area contributed by atoms with Gasteiger partial charge in [-0.05, 0) is 43.0 Å². The van der Waals surface area contributed by atoms with Crippen LogP contribution in [-0.2, 0) is 0 Å². The Kier molecular flexibility index (Phi) is 4.57. The summed E-state index contributed by atoms with van der Waals surface area (Å²) in [6.45, 7) is 12.4. The maximum absolute atomic E-state index is 3.61. The van der Waals surface area contributed by atoms with Crippen LogP contribution in [0.2, 0.25) is 0 Å². The van der Waals surface area contributed by atoms with Crippen molar-refractivity contribution >= 4 is 21.6 Å². The Morgan fingerprint density at radius 1 is 1.42 bits per heavy atom. The summed E-state index contributed by atoms with van der Waals surface area (Å²) in [6.07, 6.45) is 1.27. The first-order valence-electron chi connectivity index (χ1n) is 7.21. The van der Waals surface area contributed by atoms with E-state index in [0.29, 0.717) is 11.5 Å². The van der Waals surface area contributed by atoms with E-state index in [0.717, 1.165) is 19.6 Å². The number of nitrogens with one attached hydrogen (secondary N) is 1. The zero-order valence-corrected chi connectivity index (χ0v) is 14.0. The quantitative estimate of drug-likeness (QED) is 0.885. The normalized spacial score (nSPS) is 19.7. The van der Waals surface area contributed by atoms with E-state index in [1.165, 1.54) is 22.1 Å². The molecule has 0 saturated carbocycles. The van der Waals surface area contributed by atoms with Gasteiger partial charge in [0.15, 0.2) is 0 Å². The topological polar surface area (TPSA) is 15.3 Å². The zero-order chi connectivity index (χ0) is 14.0. The summed E-state index contributed by atoms with van der Waals surface area (Å²) >= 11 is 3.61. The van der Waals surface area contributed by atoms with E-state index in [1.807, 2.05) is 0 Å². The third kappa shape index (κ3) is 3.51. The largest absolute Gasteiger partial charge is 0.371 e. The van der Waals surface area contributed by atoms with Gasteiger partial charge in [-0.25, -0.2) is 0 Å². The second-order valence-electron chi connectivity index (χ2n) is 6.32. The molecule has 0 aliphatic carbocycles. The molecule has 1 fully saturated rings. The summed E-state index contributed by atoms with van der Waals surface area (Å²) in [5.41, 5.74) is 3.22. The molecule has 0 bridgehead atoms. The first-order valence-corrected chi connectivity index (χ1v) is 8.00. The van der Waals surface area contributed by atoms with E-state index in [9.17, 15) is 0 Å². The van der Waals surface area contributed by atoms with Crippen molar-refractivity contribution in [3.05, 3.63) is 28.2 Å². The van der Waals surface area contributed by atoms with Crippen LogP contribution in [-0.4, -0.2) is 19.6 Å². The molecule has 19 heavy (non-hydrogen) atoms. The second-order valence-corrected chi connectivity index (χ2v) is 7.23. The van der Waals surface area contributed by atoms with Crippen LogP contribution in [0.25, 0.3) is 0 Å². The molecule has 1 aliphatic heterocycles. The molecule has 1 heterocycles. The molecule has 2 nitrogen and oxygen atoms in total. The Morgan fingerprint density at radius 2 is 2.16 bits per heavy atom. The molecule has 1 N–H and O–H groups in total. The minimum atomic E-state index is 0.400. The summed E-state index contributed by atoms with van der Waals surface area (Å²) < 4.78 is 1.17. The van der Waals surface area contributed by atoms with Crippen molar-refractivity contribution in [3.8, 4) is 0 Å². The molecular formula is C16H25BrN2. The molecule has 2 rings (SSSR count). The van der Waals surface area contributed by atoms with Gasteiger partial charge in [-0.15, -0.1) is 0 Å². The van der Waals surface area contributed by atoms with Gasteiger partial charge in [0.2, 0.25) is 0 Å². The van der Waals surface area contributed by atoms with Gasteiger partial charge in [-0.3, -0.25) is 0 Å². The fraction of sp³-hybridized carbons (Fsp3) is 0.625. The standard InChI is InChI=1S/C16H25BrN2/c1-5-18-12(2)14-7-6-13(17)10-15(14)19-9-8-16(3,4)11-19/h6-7,10,12,18H,5,8-9,11H2,1-4H3. The Balaban J connectivity index is 2.30. The molecule has 0 amide bonds. The predicted molar refractivity (Wildman–Crippen MR) is 86.8 cm³/mol. The maximum Gasteiger partial charge on any atom is 0.0426 e. The number of rotatable bonds is 4. The van der Waals surface area contributed by atoms with Gasteiger partial charge in [0, 0.05) is 29.3 Å². The molecular weight excluding hydrogens is 300 g/mol. The van der Waals surface area contributed by atoms with Crippen LogP contribution in [0.3, 0.4) is 0 Å². The first-order chi connectivity index (χ1) is 8.93. The summed E-state index contributed by atoms with van der Waals surface area (Å²) in [7, 11) is 0. The number of nitrogens with zero attached hydrogens (tertiary/aromatic N) is 1. The summed E-state index contributed by atoms with van der Waals surface area (Å²) in [5, 5.41) is 3.52. The van der Waals surface area contributed by atoms with Gasteiger partial charge in [-0.1, -0.05) is 42.8 Å². The highest BCUT2D eigenvalue weighted by atomic mass is 79.9. The van der Waals surface area contributed by atoms with Crippen LogP contribution in [0.5, 0.6) is 0 Å². The molecule has 1 aromatic rings. The van der Waals surface area contributed by atoms with Crippen molar-refractivity contribution in [2.75, 3.05) is 24.5 Å². The lowest BCUT2D eigenvalue weighted by atomic mass is 9.93. The maximum atomic E-state index is 3.61. The van der Waals surface area contributed by atoms with Crippen molar-refractivity contribution in [2.24, 2.45) is 5.41 Å². The van der Waals surface area contributed by atoms with Gasteiger partial charge >= 0.3 is 0 Å². The van der Waals surface area contributed by atoms with Crippen LogP contribution >= 0.6 is 15.9 Å². The van der Waals surface area contributed by atoms with Crippen molar-refractivity contribution in [1.82, 2.24) is 5.32 Å². The van der Waals surface area contributed by atoms with E-state index in [4.69, 9.17) is 0 Å². The van der Waals surface area contributed by atoms with Crippen molar-refractivity contribution in [1.29, 1.82) is 0 Å². The van der Waals surface area contributed by atoms with Gasteiger partial charge in [0.05, 0.1) is 0 Å². The fourth-order valence-corrected chi connectivity index (χ4v) is 3.24. The molecule has 0 aromatic heterocycles. The average molecular weight is 325 g/mol. The molecule has 106 valence electrons. The minimum Gasteiger partial charge on any atom is -0.371 e. The molecule has 0 radical (unpaired) electrons. The van der Waals surface area contributed by atoms with Gasteiger partial charge in [0.1, 0.15) is 0 Å². The monoisotopic (exact) mass is 324 g/mol. The van der Waals surface area contributed by atoms with Crippen LogP contribution in [0.1, 0.15) is 45.7 Å². The van der Waals surface area contributed by atoms with Gasteiger partial charge < -0.3 is 10.2 Å². The molecule has 0 spiro atoms. The van der Waals surface area contributed by atoms with Crippen molar-refractivity contribution in [3.63, 3.8) is 0 Å². The summed E-state index contributed by atoms with van der Waals surface area (Å²) in [6, 6.07) is 7.06. The fourth-order valence-electron chi connectivity index (χ4n) is 2.89. The van der Waals surface area contributed by atoms with Gasteiger partial charge in [0.25, 0.3) is 0 Å². The molecule has 1 unspecified atom stereocenters. The highest BCUT2D eigenvalue weighted by Gasteiger charge is 2.30. The zero-order valence-electron chi connectivity index (χ0n) is 12.5. The molecule has 1 atom stereocenters. The summed E-state index contributed by atoms with van der Waals surface area (Å²) in [4.78, 5) is 2.54. The molecule has 3 heteroatoms. The lowest BCUT2D eigenvalue weighted by Gasteiger charge is -2.27. The Hall–Kier alpha value is -0.540. The van der Waals surface area contributed by atoms with E-state index >= 15 is 0 Å². The smallest absolute Gasteiger partial charge is 0.0426 e. The molecule has 1 saturated heterocycles. The average Bonchev–Trinajstić information content (AvgIpc) is 2.69. The number of hydrogen-bond donors (Lipinski definition) is 1. The van der Waals surface area contributed by atoms with Crippen LogP contribution in [0, 0.1) is 5.41 Å². The highest BCUT2D eigenvalue weighted by Crippen LogP contribution is 2.37. The third-order valence-corrected chi connectivity index (χ3v) is 4.48. The van der Waals surface area contributed by atoms with Crippen molar-refractivity contribution in [2.45, 2.75) is 40.2 Å². The van der Waals surface area contributed by atoms with Crippen LogP contribution in [0.4, 0.5) is 5.69 Å². The van der Waals surface area contributed by atoms with E-state index < -0.39 is 0 Å². The lowest BCUT2D eigenvalue weighted by molar-refractivity contribution is 0.418. The number of halogens is 1. The van der Waals surface area contributed by atoms with Crippen molar-refractivity contribution < 1.29 is 0 Å².